The molecule has 176 valence electrons. The summed E-state index contributed by atoms with van der Waals surface area (Å²) >= 11 is 0. The van der Waals surface area contributed by atoms with Crippen molar-refractivity contribution in [3.05, 3.63) is 77.0 Å². The third-order valence-electron chi connectivity index (χ3n) is 6.19. The van der Waals surface area contributed by atoms with Gasteiger partial charge in [0.15, 0.2) is 0 Å². The molecule has 1 saturated carbocycles. The van der Waals surface area contributed by atoms with Crippen molar-refractivity contribution in [2.45, 2.75) is 79.1 Å². The lowest BCUT2D eigenvalue weighted by Crippen LogP contribution is -2.35. The highest BCUT2D eigenvalue weighted by Gasteiger charge is 2.32. The van der Waals surface area contributed by atoms with E-state index in [0.717, 1.165) is 24.2 Å². The van der Waals surface area contributed by atoms with Crippen molar-refractivity contribution >= 4 is 5.69 Å². The van der Waals surface area contributed by atoms with Crippen molar-refractivity contribution in [1.82, 2.24) is 5.32 Å². The number of benzene rings is 2. The summed E-state index contributed by atoms with van der Waals surface area (Å²) in [5.41, 5.74) is 4.13. The molecule has 32 heavy (non-hydrogen) atoms. The Morgan fingerprint density at radius 2 is 1.59 bits per heavy atom. The van der Waals surface area contributed by atoms with Crippen molar-refractivity contribution in [3.8, 4) is 0 Å². The van der Waals surface area contributed by atoms with Crippen LogP contribution in [0.15, 0.2) is 49.2 Å². The fourth-order valence-electron chi connectivity index (χ4n) is 3.99. The van der Waals surface area contributed by atoms with Gasteiger partial charge in [0.2, 0.25) is 0 Å². The molecule has 0 unspecified atom stereocenters. The smallest absolute Gasteiger partial charge is 0.362 e. The summed E-state index contributed by atoms with van der Waals surface area (Å²) in [6.07, 6.45) is 2.43. The van der Waals surface area contributed by atoms with Crippen molar-refractivity contribution in [3.63, 3.8) is 0 Å². The Morgan fingerprint density at radius 1 is 1.00 bits per heavy atom. The topological polar surface area (TPSA) is 24.1 Å². The Hall–Kier alpha value is -2.27. The number of alkyl halides is 3. The molecule has 0 aliphatic heterocycles. The van der Waals surface area contributed by atoms with Crippen molar-refractivity contribution in [2.24, 2.45) is 5.41 Å². The summed E-state index contributed by atoms with van der Waals surface area (Å²) in [5.74, 6) is 0. The van der Waals surface area contributed by atoms with Crippen LogP contribution in [0.4, 0.5) is 18.9 Å². The Morgan fingerprint density at radius 3 is 2.12 bits per heavy atom. The molecule has 0 spiro atoms. The first kappa shape index (κ1) is 26.0. The van der Waals surface area contributed by atoms with E-state index in [9.17, 15) is 13.2 Å². The minimum Gasteiger partial charge on any atom is -0.362 e. The summed E-state index contributed by atoms with van der Waals surface area (Å²) in [5, 5.41) is 6.37. The molecule has 5 heteroatoms. The van der Waals surface area contributed by atoms with Crippen LogP contribution in [0.5, 0.6) is 0 Å². The third-order valence-corrected chi connectivity index (χ3v) is 6.19. The predicted octanol–water partition coefficient (Wildman–Crippen LogP) is 7.93. The SMILES string of the molecule is C=CNc1cc(C(F)(F)F)c(C)cc1C.Cc1ccc(CNC2CCC(C)(C)CC2)cc1. The van der Waals surface area contributed by atoms with E-state index in [-0.39, 0.29) is 5.56 Å². The lowest BCUT2D eigenvalue weighted by atomic mass is 9.75. The predicted molar refractivity (Wildman–Crippen MR) is 129 cm³/mol. The van der Waals surface area contributed by atoms with E-state index in [1.807, 2.05) is 0 Å². The highest BCUT2D eigenvalue weighted by atomic mass is 19.4. The molecule has 2 nitrogen and oxygen atoms in total. The van der Waals surface area contributed by atoms with Gasteiger partial charge in [0, 0.05) is 18.3 Å². The van der Waals surface area contributed by atoms with Crippen LogP contribution in [-0.4, -0.2) is 6.04 Å². The lowest BCUT2D eigenvalue weighted by Gasteiger charge is -2.34. The first-order valence-corrected chi connectivity index (χ1v) is 11.3. The van der Waals surface area contributed by atoms with E-state index in [1.165, 1.54) is 56.0 Å². The van der Waals surface area contributed by atoms with Gasteiger partial charge in [-0.05, 0) is 80.8 Å². The standard InChI is InChI=1S/C16H25N.C11H12F3N/c1-13-4-6-14(7-5-13)12-17-15-8-10-16(2,3)11-9-15;1-4-15-10-6-9(11(12,13)14)7(2)5-8(10)3/h4-7,15,17H,8-12H2,1-3H3;4-6,15H,1H2,2-3H3. The van der Waals surface area contributed by atoms with Crippen molar-refractivity contribution in [1.29, 1.82) is 0 Å². The average molecular weight is 447 g/mol. The van der Waals surface area contributed by atoms with Crippen LogP contribution < -0.4 is 10.6 Å². The summed E-state index contributed by atoms with van der Waals surface area (Å²) in [6, 6.07) is 12.2. The van der Waals surface area contributed by atoms with Crippen molar-refractivity contribution < 1.29 is 13.2 Å². The molecule has 0 heterocycles. The summed E-state index contributed by atoms with van der Waals surface area (Å²) in [7, 11) is 0. The number of halogens is 3. The van der Waals surface area contributed by atoms with E-state index in [0.29, 0.717) is 11.1 Å². The monoisotopic (exact) mass is 446 g/mol. The number of rotatable bonds is 5. The van der Waals surface area contributed by atoms with Gasteiger partial charge < -0.3 is 10.6 Å². The molecule has 1 aliphatic carbocycles. The van der Waals surface area contributed by atoms with Gasteiger partial charge >= 0.3 is 6.18 Å². The van der Waals surface area contributed by atoms with Crippen LogP contribution in [0.25, 0.3) is 0 Å². The zero-order valence-electron chi connectivity index (χ0n) is 20.0. The average Bonchev–Trinajstić information content (AvgIpc) is 2.70. The van der Waals surface area contributed by atoms with Crippen molar-refractivity contribution in [2.75, 3.05) is 5.32 Å². The Kier molecular flexibility index (Phi) is 8.97. The molecule has 0 atom stereocenters. The third kappa shape index (κ3) is 8.01. The highest BCUT2D eigenvalue weighted by Crippen LogP contribution is 2.35. The van der Waals surface area contributed by atoms with Gasteiger partial charge in [-0.1, -0.05) is 56.3 Å². The molecule has 3 rings (SSSR count). The Bertz CT molecular complexity index is 873. The number of anilines is 1. The fraction of sp³-hybridized carbons (Fsp3) is 0.481. The van der Waals surface area contributed by atoms with Crippen LogP contribution >= 0.6 is 0 Å². The minimum atomic E-state index is -4.31. The lowest BCUT2D eigenvalue weighted by molar-refractivity contribution is -0.138. The van der Waals surface area contributed by atoms with Gasteiger partial charge in [-0.25, -0.2) is 0 Å². The van der Waals surface area contributed by atoms with Crippen LogP contribution in [0.1, 0.15) is 67.3 Å². The molecular formula is C27H37F3N2. The first-order valence-electron chi connectivity index (χ1n) is 11.3. The first-order chi connectivity index (χ1) is 14.9. The minimum absolute atomic E-state index is 0.231. The van der Waals surface area contributed by atoms with Crippen LogP contribution in [0.3, 0.4) is 0 Å². The zero-order valence-corrected chi connectivity index (χ0v) is 20.0. The number of nitrogens with one attached hydrogen (secondary N) is 2. The highest BCUT2D eigenvalue weighted by molar-refractivity contribution is 5.56. The Labute approximate surface area is 191 Å². The maximum atomic E-state index is 12.5. The summed E-state index contributed by atoms with van der Waals surface area (Å²) in [4.78, 5) is 0. The van der Waals surface area contributed by atoms with Gasteiger partial charge in [0.05, 0.1) is 5.56 Å². The zero-order chi connectivity index (χ0) is 23.9. The van der Waals surface area contributed by atoms with E-state index in [2.05, 4.69) is 62.2 Å². The molecule has 2 aromatic rings. The summed E-state index contributed by atoms with van der Waals surface area (Å²) in [6.45, 7) is 14.6. The molecule has 0 amide bonds. The molecule has 2 aromatic carbocycles. The summed E-state index contributed by atoms with van der Waals surface area (Å²) < 4.78 is 37.6. The van der Waals surface area contributed by atoms with Crippen LogP contribution in [0, 0.1) is 26.2 Å². The molecule has 0 aromatic heterocycles. The molecular weight excluding hydrogens is 409 g/mol. The molecule has 1 fully saturated rings. The second kappa shape index (κ2) is 11.0. The largest absolute Gasteiger partial charge is 0.416 e. The number of aryl methyl sites for hydroxylation is 3. The second-order valence-corrected chi connectivity index (χ2v) is 9.63. The number of hydrogen-bond donors (Lipinski definition) is 2. The van der Waals surface area contributed by atoms with Gasteiger partial charge in [-0.2, -0.15) is 13.2 Å². The van der Waals surface area contributed by atoms with Crippen LogP contribution in [-0.2, 0) is 12.7 Å². The van der Waals surface area contributed by atoms with Gasteiger partial charge in [-0.15, -0.1) is 0 Å². The van der Waals surface area contributed by atoms with Gasteiger partial charge in [0.25, 0.3) is 0 Å². The molecule has 0 saturated heterocycles. The van der Waals surface area contributed by atoms with E-state index >= 15 is 0 Å². The quantitative estimate of drug-likeness (QED) is 0.487. The molecule has 0 bridgehead atoms. The maximum absolute atomic E-state index is 12.5. The molecule has 1 aliphatic rings. The fourth-order valence-corrected chi connectivity index (χ4v) is 3.99. The van der Waals surface area contributed by atoms with Gasteiger partial charge in [-0.3, -0.25) is 0 Å². The van der Waals surface area contributed by atoms with E-state index in [1.54, 1.807) is 6.92 Å². The van der Waals surface area contributed by atoms with E-state index in [4.69, 9.17) is 0 Å². The van der Waals surface area contributed by atoms with E-state index < -0.39 is 11.7 Å². The van der Waals surface area contributed by atoms with Crippen LogP contribution in [0.2, 0.25) is 0 Å². The molecule has 2 N–H and O–H groups in total. The Balaban J connectivity index is 0.000000229. The normalized spacial score (nSPS) is 16.1. The van der Waals surface area contributed by atoms with Gasteiger partial charge in [0.1, 0.15) is 0 Å². The maximum Gasteiger partial charge on any atom is 0.416 e. The molecule has 0 radical (unpaired) electrons. The number of hydrogen-bond acceptors (Lipinski definition) is 2. The second-order valence-electron chi connectivity index (χ2n) is 9.63.